The third-order valence-electron chi connectivity index (χ3n) is 5.15. The van der Waals surface area contributed by atoms with Crippen molar-refractivity contribution in [2.75, 3.05) is 12.8 Å². The van der Waals surface area contributed by atoms with Crippen LogP contribution in [-0.2, 0) is 4.74 Å². The van der Waals surface area contributed by atoms with Crippen LogP contribution in [0, 0.1) is 5.95 Å². The first-order valence-electron chi connectivity index (χ1n) is 11.0. The molecule has 0 aliphatic heterocycles. The second kappa shape index (κ2) is 10.1. The summed E-state index contributed by atoms with van der Waals surface area (Å²) in [4.78, 5) is 29.3. The first-order chi connectivity index (χ1) is 17.0. The number of imidazole rings is 1. The highest BCUT2D eigenvalue weighted by molar-refractivity contribution is 5.90. The van der Waals surface area contributed by atoms with Crippen LogP contribution in [-0.4, -0.2) is 37.6 Å². The van der Waals surface area contributed by atoms with Crippen molar-refractivity contribution in [1.82, 2.24) is 24.5 Å². The molecule has 2 N–H and O–H groups in total. The summed E-state index contributed by atoms with van der Waals surface area (Å²) in [5.74, 6) is -0.130. The average Bonchev–Trinajstić information content (AvgIpc) is 3.28. The van der Waals surface area contributed by atoms with E-state index in [4.69, 9.17) is 20.4 Å². The van der Waals surface area contributed by atoms with E-state index in [1.807, 2.05) is 30.5 Å². The van der Waals surface area contributed by atoms with Crippen LogP contribution in [0.4, 0.5) is 10.2 Å². The minimum Gasteiger partial charge on any atom is -0.465 e. The molecule has 0 saturated heterocycles. The monoisotopic (exact) mass is 470 g/mol. The van der Waals surface area contributed by atoms with Crippen molar-refractivity contribution >= 4 is 23.0 Å². The lowest BCUT2D eigenvalue weighted by molar-refractivity contribution is 0.0600. The smallest absolute Gasteiger partial charge is 0.337 e. The Hall–Kier alpha value is -4.66. The van der Waals surface area contributed by atoms with Gasteiger partial charge < -0.3 is 10.5 Å². The largest absolute Gasteiger partial charge is 0.465 e. The number of ether oxygens (including phenoxy) is 1. The van der Waals surface area contributed by atoms with Crippen molar-refractivity contribution in [3.8, 4) is 28.3 Å². The van der Waals surface area contributed by atoms with E-state index in [2.05, 4.69) is 9.97 Å². The SMILES string of the molecule is CC.COC(=O)c1ccc(-n2c(-c3cccnc3N)nc3ccc(-c4ccc(F)nc4)nc32)cc1. The Morgan fingerprint density at radius 2 is 1.74 bits per heavy atom. The van der Waals surface area contributed by atoms with E-state index in [0.717, 1.165) is 0 Å². The summed E-state index contributed by atoms with van der Waals surface area (Å²) in [6.45, 7) is 4.00. The predicted molar refractivity (Wildman–Crippen MR) is 132 cm³/mol. The molecule has 0 radical (unpaired) electrons. The fraction of sp³-hybridized carbons (Fsp3) is 0.115. The summed E-state index contributed by atoms with van der Waals surface area (Å²) < 4.78 is 19.9. The maximum atomic E-state index is 13.3. The van der Waals surface area contributed by atoms with E-state index in [9.17, 15) is 9.18 Å². The van der Waals surface area contributed by atoms with Crippen molar-refractivity contribution < 1.29 is 13.9 Å². The van der Waals surface area contributed by atoms with Crippen LogP contribution >= 0.6 is 0 Å². The molecule has 0 bridgehead atoms. The van der Waals surface area contributed by atoms with Gasteiger partial charge in [0.05, 0.1) is 23.9 Å². The van der Waals surface area contributed by atoms with Crippen LogP contribution in [0.5, 0.6) is 0 Å². The molecular weight excluding hydrogens is 447 g/mol. The molecule has 0 saturated carbocycles. The Labute approximate surface area is 201 Å². The topological polar surface area (TPSA) is 109 Å². The number of nitrogens with zero attached hydrogens (tertiary/aromatic N) is 5. The number of carbonyl (C=O) groups excluding carboxylic acids is 1. The fourth-order valence-electron chi connectivity index (χ4n) is 3.54. The number of hydrogen-bond acceptors (Lipinski definition) is 7. The van der Waals surface area contributed by atoms with Crippen LogP contribution in [0.15, 0.2) is 73.1 Å². The normalized spacial score (nSPS) is 10.5. The number of pyridine rings is 3. The summed E-state index contributed by atoms with van der Waals surface area (Å²) in [6, 6.07) is 17.0. The standard InChI is InChI=1S/C24H17FN6O2.C2H6/c1-33-24(32)14-4-7-16(8-5-14)31-22(17-3-2-12-27-21(17)26)30-19-10-9-18(29-23(19)31)15-6-11-20(25)28-13-15;1-2/h2-13H,1H3,(H2,26,27);1-2H3. The summed E-state index contributed by atoms with van der Waals surface area (Å²) in [7, 11) is 1.33. The molecule has 176 valence electrons. The van der Waals surface area contributed by atoms with E-state index >= 15 is 0 Å². The maximum Gasteiger partial charge on any atom is 0.337 e. The third kappa shape index (κ3) is 4.56. The number of benzene rings is 1. The Kier molecular flexibility index (Phi) is 6.77. The van der Waals surface area contributed by atoms with Crippen LogP contribution in [0.25, 0.3) is 39.5 Å². The number of anilines is 1. The number of rotatable bonds is 4. The molecule has 0 spiro atoms. The van der Waals surface area contributed by atoms with Crippen molar-refractivity contribution in [1.29, 1.82) is 0 Å². The molecule has 0 amide bonds. The van der Waals surface area contributed by atoms with Gasteiger partial charge in [-0.2, -0.15) is 4.39 Å². The molecule has 5 rings (SSSR count). The molecule has 4 aromatic heterocycles. The molecule has 5 aromatic rings. The summed E-state index contributed by atoms with van der Waals surface area (Å²) in [6.07, 6.45) is 3.03. The number of halogens is 1. The lowest BCUT2D eigenvalue weighted by Crippen LogP contribution is -2.04. The van der Waals surface area contributed by atoms with Crippen LogP contribution < -0.4 is 5.73 Å². The van der Waals surface area contributed by atoms with Gasteiger partial charge in [0, 0.05) is 23.6 Å². The fourth-order valence-corrected chi connectivity index (χ4v) is 3.54. The quantitative estimate of drug-likeness (QED) is 0.288. The molecule has 0 aliphatic carbocycles. The minimum absolute atomic E-state index is 0.322. The number of methoxy groups -OCH3 is 1. The molecule has 8 nitrogen and oxygen atoms in total. The second-order valence-corrected chi connectivity index (χ2v) is 7.15. The van der Waals surface area contributed by atoms with Gasteiger partial charge in [-0.1, -0.05) is 13.8 Å². The number of carbonyl (C=O) groups is 1. The first kappa shape index (κ1) is 23.5. The van der Waals surface area contributed by atoms with Gasteiger partial charge in [-0.3, -0.25) is 4.57 Å². The highest BCUT2D eigenvalue weighted by atomic mass is 19.1. The molecule has 35 heavy (non-hydrogen) atoms. The van der Waals surface area contributed by atoms with Crippen molar-refractivity contribution in [3.63, 3.8) is 0 Å². The van der Waals surface area contributed by atoms with Gasteiger partial charge in [0.1, 0.15) is 11.3 Å². The molecule has 4 heterocycles. The zero-order valence-electron chi connectivity index (χ0n) is 19.4. The molecule has 0 unspecified atom stereocenters. The zero-order chi connectivity index (χ0) is 24.9. The Bertz CT molecular complexity index is 1480. The van der Waals surface area contributed by atoms with Gasteiger partial charge in [0.2, 0.25) is 5.95 Å². The Morgan fingerprint density at radius 1 is 0.971 bits per heavy atom. The molecular formula is C26H23FN6O2. The number of nitrogens with two attached hydrogens (primary N) is 1. The number of hydrogen-bond donors (Lipinski definition) is 1. The maximum absolute atomic E-state index is 13.3. The highest BCUT2D eigenvalue weighted by Crippen LogP contribution is 2.31. The number of aromatic nitrogens is 5. The summed E-state index contributed by atoms with van der Waals surface area (Å²) in [5, 5.41) is 0. The zero-order valence-corrected chi connectivity index (χ0v) is 19.4. The molecule has 1 aromatic carbocycles. The van der Waals surface area contributed by atoms with E-state index in [-0.39, 0.29) is 0 Å². The van der Waals surface area contributed by atoms with Crippen LogP contribution in [0.2, 0.25) is 0 Å². The minimum atomic E-state index is -0.565. The van der Waals surface area contributed by atoms with E-state index < -0.39 is 11.9 Å². The highest BCUT2D eigenvalue weighted by Gasteiger charge is 2.19. The van der Waals surface area contributed by atoms with Gasteiger partial charge in [0.25, 0.3) is 0 Å². The van der Waals surface area contributed by atoms with E-state index in [0.29, 0.717) is 50.9 Å². The molecule has 0 atom stereocenters. The van der Waals surface area contributed by atoms with Gasteiger partial charge in [-0.15, -0.1) is 0 Å². The van der Waals surface area contributed by atoms with Crippen molar-refractivity contribution in [3.05, 3.63) is 84.6 Å². The first-order valence-corrected chi connectivity index (χ1v) is 11.0. The van der Waals surface area contributed by atoms with Gasteiger partial charge in [-0.05, 0) is 60.7 Å². The molecule has 9 heteroatoms. The van der Waals surface area contributed by atoms with Crippen LogP contribution in [0.1, 0.15) is 24.2 Å². The van der Waals surface area contributed by atoms with Crippen LogP contribution in [0.3, 0.4) is 0 Å². The lowest BCUT2D eigenvalue weighted by atomic mass is 10.2. The molecule has 0 aliphatic rings. The Balaban J connectivity index is 0.00000141. The Morgan fingerprint density at radius 3 is 2.40 bits per heavy atom. The number of esters is 1. The van der Waals surface area contributed by atoms with Crippen molar-refractivity contribution in [2.24, 2.45) is 0 Å². The van der Waals surface area contributed by atoms with Gasteiger partial charge in [-0.25, -0.2) is 24.7 Å². The number of nitrogen functional groups attached to an aromatic ring is 1. The third-order valence-corrected chi connectivity index (χ3v) is 5.15. The van der Waals surface area contributed by atoms with E-state index in [1.165, 1.54) is 19.4 Å². The average molecular weight is 471 g/mol. The van der Waals surface area contributed by atoms with E-state index in [1.54, 1.807) is 48.7 Å². The summed E-state index contributed by atoms with van der Waals surface area (Å²) >= 11 is 0. The van der Waals surface area contributed by atoms with Gasteiger partial charge >= 0.3 is 5.97 Å². The lowest BCUT2D eigenvalue weighted by Gasteiger charge is -2.11. The number of fused-ring (bicyclic) bond motifs is 1. The van der Waals surface area contributed by atoms with Gasteiger partial charge in [0.15, 0.2) is 11.5 Å². The van der Waals surface area contributed by atoms with Crippen molar-refractivity contribution in [2.45, 2.75) is 13.8 Å². The predicted octanol–water partition coefficient (Wildman–Crippen LogP) is 5.08. The second-order valence-electron chi connectivity index (χ2n) is 7.15. The summed E-state index contributed by atoms with van der Waals surface area (Å²) in [5.41, 5.74) is 10.4. The molecule has 0 fully saturated rings.